The molecule has 0 aliphatic carbocycles. The van der Waals surface area contributed by atoms with E-state index in [9.17, 15) is 0 Å². The molecule has 2 N–H and O–H groups in total. The summed E-state index contributed by atoms with van der Waals surface area (Å²) in [5.74, 6) is 0. The lowest BCUT2D eigenvalue weighted by Gasteiger charge is -2.00. The van der Waals surface area contributed by atoms with Crippen molar-refractivity contribution in [2.75, 3.05) is 6.54 Å². The SMILES string of the molecule is NCCc1ncc(Cc2ccccc2Cl)s1. The maximum Gasteiger partial charge on any atom is 0.0940 e. The third-order valence-corrected chi connectivity index (χ3v) is 3.71. The Bertz CT molecular complexity index is 468. The van der Waals surface area contributed by atoms with Crippen LogP contribution in [0.2, 0.25) is 5.02 Å². The average Bonchev–Trinajstić information content (AvgIpc) is 2.70. The van der Waals surface area contributed by atoms with E-state index in [0.29, 0.717) is 6.54 Å². The number of halogens is 1. The number of aromatic nitrogens is 1. The minimum atomic E-state index is 0.652. The Hall–Kier alpha value is -0.900. The zero-order chi connectivity index (χ0) is 11.4. The van der Waals surface area contributed by atoms with Crippen LogP contribution in [0.5, 0.6) is 0 Å². The summed E-state index contributed by atoms with van der Waals surface area (Å²) in [7, 11) is 0. The molecule has 1 aromatic heterocycles. The Kier molecular flexibility index (Phi) is 3.93. The third-order valence-electron chi connectivity index (χ3n) is 2.28. The molecular weight excluding hydrogens is 240 g/mol. The Morgan fingerprint density at radius 3 is 2.88 bits per heavy atom. The van der Waals surface area contributed by atoms with E-state index in [1.165, 1.54) is 4.88 Å². The molecule has 2 rings (SSSR count). The molecular formula is C12H13ClN2S. The van der Waals surface area contributed by atoms with Crippen LogP contribution in [0.15, 0.2) is 30.5 Å². The molecule has 0 unspecified atom stereocenters. The third kappa shape index (κ3) is 2.82. The van der Waals surface area contributed by atoms with Crippen LogP contribution in [0.4, 0.5) is 0 Å². The molecule has 0 aliphatic rings. The predicted molar refractivity (Wildman–Crippen MR) is 69.1 cm³/mol. The summed E-state index contributed by atoms with van der Waals surface area (Å²) in [4.78, 5) is 5.56. The molecule has 4 heteroatoms. The first-order valence-electron chi connectivity index (χ1n) is 5.16. The molecule has 0 radical (unpaired) electrons. The molecule has 1 heterocycles. The number of hydrogen-bond acceptors (Lipinski definition) is 3. The molecule has 0 saturated carbocycles. The van der Waals surface area contributed by atoms with E-state index in [4.69, 9.17) is 17.3 Å². The van der Waals surface area contributed by atoms with Gasteiger partial charge in [0.25, 0.3) is 0 Å². The van der Waals surface area contributed by atoms with Gasteiger partial charge < -0.3 is 5.73 Å². The Balaban J connectivity index is 2.11. The van der Waals surface area contributed by atoms with Crippen molar-refractivity contribution in [2.45, 2.75) is 12.8 Å². The summed E-state index contributed by atoms with van der Waals surface area (Å²) in [6.45, 7) is 0.652. The van der Waals surface area contributed by atoms with Crippen LogP contribution in [0, 0.1) is 0 Å². The van der Waals surface area contributed by atoms with Gasteiger partial charge in [0.2, 0.25) is 0 Å². The van der Waals surface area contributed by atoms with Gasteiger partial charge in [0.15, 0.2) is 0 Å². The lowest BCUT2D eigenvalue weighted by Crippen LogP contribution is -2.01. The Morgan fingerprint density at radius 1 is 1.31 bits per heavy atom. The predicted octanol–water partition coefficient (Wildman–Crippen LogP) is 2.89. The van der Waals surface area contributed by atoms with Gasteiger partial charge in [0, 0.05) is 28.9 Å². The molecule has 2 nitrogen and oxygen atoms in total. The van der Waals surface area contributed by atoms with E-state index in [0.717, 1.165) is 28.4 Å². The Morgan fingerprint density at radius 2 is 2.12 bits per heavy atom. The quantitative estimate of drug-likeness (QED) is 0.909. The normalized spacial score (nSPS) is 10.6. The van der Waals surface area contributed by atoms with Gasteiger partial charge in [-0.3, -0.25) is 0 Å². The average molecular weight is 253 g/mol. The summed E-state index contributed by atoms with van der Waals surface area (Å²) in [5.41, 5.74) is 6.64. The highest BCUT2D eigenvalue weighted by atomic mass is 35.5. The molecule has 0 spiro atoms. The summed E-state index contributed by atoms with van der Waals surface area (Å²) in [6.07, 6.45) is 3.62. The van der Waals surface area contributed by atoms with Crippen molar-refractivity contribution in [3.63, 3.8) is 0 Å². The minimum absolute atomic E-state index is 0.652. The summed E-state index contributed by atoms with van der Waals surface area (Å²) in [5, 5.41) is 1.92. The molecule has 0 saturated heterocycles. The monoisotopic (exact) mass is 252 g/mol. The molecule has 84 valence electrons. The van der Waals surface area contributed by atoms with Crippen LogP contribution in [0.25, 0.3) is 0 Å². The second kappa shape index (κ2) is 5.43. The van der Waals surface area contributed by atoms with Gasteiger partial charge in [-0.2, -0.15) is 0 Å². The van der Waals surface area contributed by atoms with Gasteiger partial charge in [-0.05, 0) is 18.2 Å². The number of hydrogen-bond donors (Lipinski definition) is 1. The zero-order valence-electron chi connectivity index (χ0n) is 8.82. The minimum Gasteiger partial charge on any atom is -0.330 e. The zero-order valence-corrected chi connectivity index (χ0v) is 10.4. The maximum atomic E-state index is 6.11. The number of rotatable bonds is 4. The lowest BCUT2D eigenvalue weighted by atomic mass is 10.1. The van der Waals surface area contributed by atoms with Crippen LogP contribution < -0.4 is 5.73 Å². The van der Waals surface area contributed by atoms with Crippen LogP contribution in [-0.2, 0) is 12.8 Å². The van der Waals surface area contributed by atoms with Gasteiger partial charge in [-0.1, -0.05) is 29.8 Å². The fourth-order valence-corrected chi connectivity index (χ4v) is 2.66. The molecule has 2 aromatic rings. The van der Waals surface area contributed by atoms with Gasteiger partial charge in [-0.15, -0.1) is 11.3 Å². The molecule has 16 heavy (non-hydrogen) atoms. The van der Waals surface area contributed by atoms with Crippen molar-refractivity contribution in [1.82, 2.24) is 4.98 Å². The van der Waals surface area contributed by atoms with Gasteiger partial charge in [-0.25, -0.2) is 4.98 Å². The standard InChI is InChI=1S/C12H13ClN2S/c13-11-4-2-1-3-9(11)7-10-8-15-12(16-10)5-6-14/h1-4,8H,5-7,14H2. The van der Waals surface area contributed by atoms with E-state index in [2.05, 4.69) is 4.98 Å². The first-order chi connectivity index (χ1) is 7.79. The summed E-state index contributed by atoms with van der Waals surface area (Å²) < 4.78 is 0. The lowest BCUT2D eigenvalue weighted by molar-refractivity contribution is 0.952. The first-order valence-corrected chi connectivity index (χ1v) is 6.36. The highest BCUT2D eigenvalue weighted by molar-refractivity contribution is 7.11. The van der Waals surface area contributed by atoms with E-state index < -0.39 is 0 Å². The highest BCUT2D eigenvalue weighted by Gasteiger charge is 2.04. The smallest absolute Gasteiger partial charge is 0.0940 e. The molecule has 0 fully saturated rings. The van der Waals surface area contributed by atoms with E-state index in [-0.39, 0.29) is 0 Å². The maximum absolute atomic E-state index is 6.11. The molecule has 0 bridgehead atoms. The highest BCUT2D eigenvalue weighted by Crippen LogP contribution is 2.22. The van der Waals surface area contributed by atoms with Crippen molar-refractivity contribution >= 4 is 22.9 Å². The van der Waals surface area contributed by atoms with Gasteiger partial charge in [0.1, 0.15) is 0 Å². The molecule has 0 amide bonds. The Labute approximate surface area is 104 Å². The fraction of sp³-hybridized carbons (Fsp3) is 0.250. The molecule has 0 atom stereocenters. The number of benzene rings is 1. The largest absolute Gasteiger partial charge is 0.330 e. The topological polar surface area (TPSA) is 38.9 Å². The number of nitrogens with zero attached hydrogens (tertiary/aromatic N) is 1. The van der Waals surface area contributed by atoms with Crippen molar-refractivity contribution < 1.29 is 0 Å². The fourth-order valence-electron chi connectivity index (χ4n) is 1.50. The van der Waals surface area contributed by atoms with E-state index in [1.807, 2.05) is 30.5 Å². The number of nitrogens with two attached hydrogens (primary N) is 1. The molecule has 1 aromatic carbocycles. The number of thiazole rings is 1. The summed E-state index contributed by atoms with van der Waals surface area (Å²) in [6, 6.07) is 7.91. The molecule has 0 aliphatic heterocycles. The van der Waals surface area contributed by atoms with Crippen LogP contribution in [0.3, 0.4) is 0 Å². The van der Waals surface area contributed by atoms with Crippen molar-refractivity contribution in [1.29, 1.82) is 0 Å². The van der Waals surface area contributed by atoms with Crippen molar-refractivity contribution in [3.05, 3.63) is 50.9 Å². The second-order valence-corrected chi connectivity index (χ2v) is 5.13. The van der Waals surface area contributed by atoms with Gasteiger partial charge >= 0.3 is 0 Å². The van der Waals surface area contributed by atoms with Crippen molar-refractivity contribution in [2.24, 2.45) is 5.73 Å². The van der Waals surface area contributed by atoms with Crippen LogP contribution in [-0.4, -0.2) is 11.5 Å². The van der Waals surface area contributed by atoms with E-state index >= 15 is 0 Å². The van der Waals surface area contributed by atoms with Crippen LogP contribution in [0.1, 0.15) is 15.4 Å². The summed E-state index contributed by atoms with van der Waals surface area (Å²) >= 11 is 7.82. The second-order valence-electron chi connectivity index (χ2n) is 3.53. The first kappa shape index (κ1) is 11.6. The van der Waals surface area contributed by atoms with Crippen LogP contribution >= 0.6 is 22.9 Å². The van der Waals surface area contributed by atoms with Crippen molar-refractivity contribution in [3.8, 4) is 0 Å². The van der Waals surface area contributed by atoms with E-state index in [1.54, 1.807) is 11.3 Å². The van der Waals surface area contributed by atoms with Gasteiger partial charge in [0.05, 0.1) is 5.01 Å².